The molecule has 0 spiro atoms. The van der Waals surface area contributed by atoms with Gasteiger partial charge in [0.2, 0.25) is 0 Å². The molecule has 0 saturated carbocycles. The van der Waals surface area contributed by atoms with Gasteiger partial charge in [-0.2, -0.15) is 0 Å². The zero-order chi connectivity index (χ0) is 14.7. The summed E-state index contributed by atoms with van der Waals surface area (Å²) in [6, 6.07) is 0. The zero-order valence-corrected chi connectivity index (χ0v) is 12.4. The van der Waals surface area contributed by atoms with Gasteiger partial charge in [0, 0.05) is 0 Å². The van der Waals surface area contributed by atoms with Crippen LogP contribution in [0.4, 0.5) is 0 Å². The van der Waals surface area contributed by atoms with E-state index in [0.717, 1.165) is 0 Å². The minimum absolute atomic E-state index is 2.00. The van der Waals surface area contributed by atoms with Crippen molar-refractivity contribution in [1.29, 1.82) is 0 Å². The van der Waals surface area contributed by atoms with Crippen LogP contribution in [0.15, 0.2) is 109 Å². The molecule has 0 rings (SSSR count). The fourth-order valence-corrected chi connectivity index (χ4v) is 1.12. The summed E-state index contributed by atoms with van der Waals surface area (Å²) in [6.07, 6.45) is 36.0. The van der Waals surface area contributed by atoms with Crippen LogP contribution < -0.4 is 0 Å². The topological polar surface area (TPSA) is 0 Å². The first-order valence-corrected chi connectivity index (χ1v) is 6.82. The van der Waals surface area contributed by atoms with Crippen LogP contribution in [0.5, 0.6) is 0 Å². The number of allylic oxidation sites excluding steroid dienone is 18. The third kappa shape index (κ3) is 15.7. The summed E-state index contributed by atoms with van der Waals surface area (Å²) < 4.78 is 0. The zero-order valence-electron chi connectivity index (χ0n) is 12.4. The number of hydrogen-bond acceptors (Lipinski definition) is 0. The predicted molar refractivity (Wildman–Crippen MR) is 93.6 cm³/mol. The molecule has 0 atom stereocenters. The van der Waals surface area contributed by atoms with Crippen molar-refractivity contribution in [3.05, 3.63) is 109 Å². The molecule has 0 N–H and O–H groups in total. The molecule has 0 saturated heterocycles. The Bertz CT molecular complexity index is 414. The predicted octanol–water partition coefficient (Wildman–Crippen LogP) is 6.03. The SMILES string of the molecule is CC=CC=CC=CC=CC=CC=CC=CC=CC=CC. The molecular formula is C20H24. The van der Waals surface area contributed by atoms with Crippen molar-refractivity contribution in [3.8, 4) is 0 Å². The Hall–Kier alpha value is -2.34. The molecule has 20 heavy (non-hydrogen) atoms. The van der Waals surface area contributed by atoms with Crippen LogP contribution in [0, 0.1) is 0 Å². The lowest BCUT2D eigenvalue weighted by Crippen LogP contribution is -1.53. The molecule has 0 unspecified atom stereocenters. The maximum atomic E-state index is 2.00. The van der Waals surface area contributed by atoms with Crippen molar-refractivity contribution in [1.82, 2.24) is 0 Å². The third-order valence-corrected chi connectivity index (χ3v) is 2.05. The fourth-order valence-electron chi connectivity index (χ4n) is 1.12. The molecule has 0 aliphatic heterocycles. The molecule has 0 heteroatoms. The third-order valence-electron chi connectivity index (χ3n) is 2.05. The molecule has 0 aromatic heterocycles. The highest BCUT2D eigenvalue weighted by molar-refractivity contribution is 5.21. The second-order valence-electron chi connectivity index (χ2n) is 3.75. The standard InChI is InChI=1S/C20H24/c1-3-5-7-9-11-13-15-17-19-20-18-16-14-12-10-8-6-4-2/h3-20H,1-2H3. The van der Waals surface area contributed by atoms with Gasteiger partial charge >= 0.3 is 0 Å². The van der Waals surface area contributed by atoms with Gasteiger partial charge in [-0.15, -0.1) is 0 Å². The summed E-state index contributed by atoms with van der Waals surface area (Å²) in [5.74, 6) is 0. The van der Waals surface area contributed by atoms with E-state index in [-0.39, 0.29) is 0 Å². The molecule has 0 bridgehead atoms. The van der Waals surface area contributed by atoms with Crippen LogP contribution >= 0.6 is 0 Å². The summed E-state index contributed by atoms with van der Waals surface area (Å²) in [5.41, 5.74) is 0. The summed E-state index contributed by atoms with van der Waals surface area (Å²) in [6.45, 7) is 4.00. The van der Waals surface area contributed by atoms with E-state index in [1.807, 2.05) is 123 Å². The van der Waals surface area contributed by atoms with Crippen LogP contribution in [-0.2, 0) is 0 Å². The smallest absolute Gasteiger partial charge is 0.0467 e. The largest absolute Gasteiger partial charge is 0.0877 e. The fraction of sp³-hybridized carbons (Fsp3) is 0.100. The summed E-state index contributed by atoms with van der Waals surface area (Å²) in [5, 5.41) is 0. The number of hydrogen-bond donors (Lipinski definition) is 0. The minimum atomic E-state index is 2.00. The molecule has 0 amide bonds. The summed E-state index contributed by atoms with van der Waals surface area (Å²) in [7, 11) is 0. The van der Waals surface area contributed by atoms with Crippen LogP contribution in [0.3, 0.4) is 0 Å². The lowest BCUT2D eigenvalue weighted by molar-refractivity contribution is 1.73. The molecule has 0 radical (unpaired) electrons. The first-order chi connectivity index (χ1) is 9.91. The van der Waals surface area contributed by atoms with Crippen molar-refractivity contribution >= 4 is 0 Å². The van der Waals surface area contributed by atoms with Crippen LogP contribution in [-0.4, -0.2) is 0 Å². The first-order valence-electron chi connectivity index (χ1n) is 6.82. The van der Waals surface area contributed by atoms with E-state index in [9.17, 15) is 0 Å². The monoisotopic (exact) mass is 264 g/mol. The second-order valence-corrected chi connectivity index (χ2v) is 3.75. The maximum Gasteiger partial charge on any atom is -0.0467 e. The molecule has 0 nitrogen and oxygen atoms in total. The van der Waals surface area contributed by atoms with E-state index >= 15 is 0 Å². The van der Waals surface area contributed by atoms with Gasteiger partial charge in [-0.3, -0.25) is 0 Å². The Balaban J connectivity index is 3.85. The van der Waals surface area contributed by atoms with Crippen LogP contribution in [0.1, 0.15) is 13.8 Å². The summed E-state index contributed by atoms with van der Waals surface area (Å²) >= 11 is 0. The van der Waals surface area contributed by atoms with E-state index < -0.39 is 0 Å². The molecule has 104 valence electrons. The molecule has 0 aromatic rings. The van der Waals surface area contributed by atoms with Gasteiger partial charge in [-0.25, -0.2) is 0 Å². The van der Waals surface area contributed by atoms with Gasteiger partial charge in [0.25, 0.3) is 0 Å². The van der Waals surface area contributed by atoms with Crippen LogP contribution in [0.25, 0.3) is 0 Å². The maximum absolute atomic E-state index is 2.00. The normalized spacial score (nSPS) is 14.7. The molecule has 0 aromatic carbocycles. The molecule has 0 heterocycles. The van der Waals surface area contributed by atoms with Crippen LogP contribution in [0.2, 0.25) is 0 Å². The highest BCUT2D eigenvalue weighted by atomic mass is 13.7. The Kier molecular flexibility index (Phi) is 14.7. The molecule has 0 aliphatic rings. The van der Waals surface area contributed by atoms with Crippen molar-refractivity contribution in [2.24, 2.45) is 0 Å². The van der Waals surface area contributed by atoms with Gasteiger partial charge in [-0.1, -0.05) is 109 Å². The van der Waals surface area contributed by atoms with E-state index in [1.165, 1.54) is 0 Å². The molecule has 0 aliphatic carbocycles. The van der Waals surface area contributed by atoms with Crippen molar-refractivity contribution in [3.63, 3.8) is 0 Å². The average Bonchev–Trinajstić information content (AvgIpc) is 2.47. The Morgan fingerprint density at radius 3 is 0.550 bits per heavy atom. The molecular weight excluding hydrogens is 240 g/mol. The van der Waals surface area contributed by atoms with Gasteiger partial charge in [-0.05, 0) is 13.8 Å². The van der Waals surface area contributed by atoms with Crippen molar-refractivity contribution in [2.75, 3.05) is 0 Å². The van der Waals surface area contributed by atoms with Gasteiger partial charge in [0.05, 0.1) is 0 Å². The summed E-state index contributed by atoms with van der Waals surface area (Å²) in [4.78, 5) is 0. The van der Waals surface area contributed by atoms with Gasteiger partial charge < -0.3 is 0 Å². The van der Waals surface area contributed by atoms with E-state index in [4.69, 9.17) is 0 Å². The quantitative estimate of drug-likeness (QED) is 0.469. The van der Waals surface area contributed by atoms with E-state index in [1.54, 1.807) is 0 Å². The van der Waals surface area contributed by atoms with E-state index in [0.29, 0.717) is 0 Å². The highest BCUT2D eigenvalue weighted by Gasteiger charge is 1.64. The van der Waals surface area contributed by atoms with Gasteiger partial charge in [0.1, 0.15) is 0 Å². The minimum Gasteiger partial charge on any atom is -0.0877 e. The highest BCUT2D eigenvalue weighted by Crippen LogP contribution is 1.86. The Morgan fingerprint density at radius 1 is 0.250 bits per heavy atom. The Morgan fingerprint density at radius 2 is 0.400 bits per heavy atom. The first kappa shape index (κ1) is 17.7. The van der Waals surface area contributed by atoms with Crippen molar-refractivity contribution in [2.45, 2.75) is 13.8 Å². The van der Waals surface area contributed by atoms with E-state index in [2.05, 4.69) is 0 Å². The van der Waals surface area contributed by atoms with Gasteiger partial charge in [0.15, 0.2) is 0 Å². The van der Waals surface area contributed by atoms with Crippen molar-refractivity contribution < 1.29 is 0 Å². The second kappa shape index (κ2) is 16.7. The lowest BCUT2D eigenvalue weighted by atomic mass is 10.3. The average molecular weight is 264 g/mol. The Labute approximate surface area is 123 Å². The number of rotatable bonds is 8. The molecule has 0 fully saturated rings. The lowest BCUT2D eigenvalue weighted by Gasteiger charge is -1.75.